The Kier molecular flexibility index (Phi) is 6.03. The summed E-state index contributed by atoms with van der Waals surface area (Å²) in [5, 5.41) is 7.49. The maximum atomic E-state index is 6.94. The number of para-hydroxylation sites is 2. The molecule has 254 valence electrons. The molecular formula is C51H33NOS. The van der Waals surface area contributed by atoms with Crippen LogP contribution in [0.2, 0.25) is 0 Å². The van der Waals surface area contributed by atoms with Gasteiger partial charge >= 0.3 is 0 Å². The van der Waals surface area contributed by atoms with E-state index >= 15 is 0 Å². The Morgan fingerprint density at radius 2 is 1.13 bits per heavy atom. The van der Waals surface area contributed by atoms with Crippen LogP contribution in [0.15, 0.2) is 168 Å². The van der Waals surface area contributed by atoms with Crippen molar-refractivity contribution in [2.75, 3.05) is 0 Å². The zero-order valence-corrected chi connectivity index (χ0v) is 30.7. The van der Waals surface area contributed by atoms with Crippen LogP contribution in [-0.2, 0) is 5.41 Å². The lowest BCUT2D eigenvalue weighted by Crippen LogP contribution is -2.14. The smallest absolute Gasteiger partial charge is 0.143 e. The van der Waals surface area contributed by atoms with Crippen LogP contribution in [0.25, 0.3) is 103 Å². The molecule has 3 aromatic heterocycles. The van der Waals surface area contributed by atoms with Gasteiger partial charge < -0.3 is 8.98 Å². The lowest BCUT2D eigenvalue weighted by molar-refractivity contribution is 0.653. The summed E-state index contributed by atoms with van der Waals surface area (Å²) in [6, 6.07) is 60.2. The van der Waals surface area contributed by atoms with Crippen molar-refractivity contribution in [2.45, 2.75) is 19.3 Å². The van der Waals surface area contributed by atoms with Crippen LogP contribution in [0.4, 0.5) is 0 Å². The van der Waals surface area contributed by atoms with Crippen molar-refractivity contribution in [1.82, 2.24) is 4.57 Å². The number of furan rings is 1. The number of rotatable bonds is 3. The van der Waals surface area contributed by atoms with E-state index in [9.17, 15) is 0 Å². The monoisotopic (exact) mass is 707 g/mol. The van der Waals surface area contributed by atoms with Crippen LogP contribution in [0, 0.1) is 0 Å². The van der Waals surface area contributed by atoms with Crippen LogP contribution >= 0.6 is 11.3 Å². The van der Waals surface area contributed by atoms with Crippen LogP contribution in [0.5, 0.6) is 0 Å². The lowest BCUT2D eigenvalue weighted by atomic mass is 9.82. The fourth-order valence-corrected chi connectivity index (χ4v) is 10.7. The maximum absolute atomic E-state index is 6.94. The van der Waals surface area contributed by atoms with E-state index in [-0.39, 0.29) is 5.41 Å². The largest absolute Gasteiger partial charge is 0.455 e. The van der Waals surface area contributed by atoms with Gasteiger partial charge in [0.1, 0.15) is 11.2 Å². The molecule has 3 heterocycles. The standard InChI is InChI=1S/C51H33NOS/c1-51(2)42-18-6-3-13-40(42)47-43(51)27-26-38-37-16-9-14-33(48(37)53-49(38)47)30-21-24-32(25-22-30)52-44-19-7-4-11-35(44)41-29-31(23-28-45(41)52)34-15-10-17-39-36-12-5-8-20-46(36)54-50(34)39/h3-29H,1-2H3. The van der Waals surface area contributed by atoms with Gasteiger partial charge in [0.15, 0.2) is 0 Å². The normalized spacial score (nSPS) is 13.5. The van der Waals surface area contributed by atoms with Crippen molar-refractivity contribution in [3.8, 4) is 39.1 Å². The minimum absolute atomic E-state index is 0.0701. The highest BCUT2D eigenvalue weighted by atomic mass is 32.1. The summed E-state index contributed by atoms with van der Waals surface area (Å²) in [5.41, 5.74) is 15.4. The van der Waals surface area contributed by atoms with Crippen molar-refractivity contribution in [1.29, 1.82) is 0 Å². The molecule has 8 aromatic carbocycles. The molecule has 3 heteroatoms. The first-order chi connectivity index (χ1) is 26.5. The second-order valence-corrected chi connectivity index (χ2v) is 16.3. The van der Waals surface area contributed by atoms with Crippen molar-refractivity contribution in [3.05, 3.63) is 175 Å². The van der Waals surface area contributed by atoms with E-state index in [0.29, 0.717) is 0 Å². The Morgan fingerprint density at radius 1 is 0.463 bits per heavy atom. The van der Waals surface area contributed by atoms with Crippen LogP contribution < -0.4 is 0 Å². The van der Waals surface area contributed by atoms with Gasteiger partial charge in [0.25, 0.3) is 0 Å². The lowest BCUT2D eigenvalue weighted by Gasteiger charge is -2.21. The van der Waals surface area contributed by atoms with Crippen molar-refractivity contribution in [3.63, 3.8) is 0 Å². The number of thiophene rings is 1. The van der Waals surface area contributed by atoms with E-state index < -0.39 is 0 Å². The molecule has 1 aliphatic rings. The van der Waals surface area contributed by atoms with Gasteiger partial charge in [0.2, 0.25) is 0 Å². The Labute approximate surface area is 316 Å². The highest BCUT2D eigenvalue weighted by Crippen LogP contribution is 2.53. The Balaban J connectivity index is 0.988. The first kappa shape index (κ1) is 30.1. The number of nitrogens with zero attached hydrogens (tertiary/aromatic N) is 1. The summed E-state index contributed by atoms with van der Waals surface area (Å²) in [7, 11) is 0. The predicted octanol–water partition coefficient (Wildman–Crippen LogP) is 14.7. The molecule has 11 aromatic rings. The summed E-state index contributed by atoms with van der Waals surface area (Å²) < 4.78 is 12.0. The third-order valence-corrected chi connectivity index (χ3v) is 13.3. The minimum atomic E-state index is -0.0701. The molecular weight excluding hydrogens is 675 g/mol. The predicted molar refractivity (Wildman–Crippen MR) is 229 cm³/mol. The van der Waals surface area contributed by atoms with Gasteiger partial charge in [-0.05, 0) is 69.8 Å². The quantitative estimate of drug-likeness (QED) is 0.179. The average molecular weight is 708 g/mol. The summed E-state index contributed by atoms with van der Waals surface area (Å²) in [6.45, 7) is 4.64. The van der Waals surface area contributed by atoms with E-state index in [2.05, 4.69) is 182 Å². The second kappa shape index (κ2) is 10.8. The van der Waals surface area contributed by atoms with Crippen molar-refractivity contribution >= 4 is 75.3 Å². The molecule has 0 atom stereocenters. The van der Waals surface area contributed by atoms with Gasteiger partial charge in [-0.15, -0.1) is 11.3 Å². The first-order valence-corrected chi connectivity index (χ1v) is 19.5. The van der Waals surface area contributed by atoms with E-state index in [4.69, 9.17) is 4.42 Å². The van der Waals surface area contributed by atoms with Crippen LogP contribution in [0.3, 0.4) is 0 Å². The van der Waals surface area contributed by atoms with Gasteiger partial charge in [-0.3, -0.25) is 0 Å². The van der Waals surface area contributed by atoms with Gasteiger partial charge in [-0.1, -0.05) is 141 Å². The molecule has 54 heavy (non-hydrogen) atoms. The number of fused-ring (bicyclic) bond motifs is 13. The summed E-state index contributed by atoms with van der Waals surface area (Å²) in [4.78, 5) is 0. The summed E-state index contributed by atoms with van der Waals surface area (Å²) in [5.74, 6) is 0. The van der Waals surface area contributed by atoms with Gasteiger partial charge in [-0.2, -0.15) is 0 Å². The highest BCUT2D eigenvalue weighted by molar-refractivity contribution is 7.26. The molecule has 0 saturated carbocycles. The average Bonchev–Trinajstić information content (AvgIpc) is 3.95. The van der Waals surface area contributed by atoms with Gasteiger partial charge in [0.05, 0.1) is 11.0 Å². The Bertz CT molecular complexity index is 3350. The van der Waals surface area contributed by atoms with E-state index in [1.54, 1.807) is 0 Å². The molecule has 0 unspecified atom stereocenters. The second-order valence-electron chi connectivity index (χ2n) is 15.2. The number of aromatic nitrogens is 1. The highest BCUT2D eigenvalue weighted by Gasteiger charge is 2.37. The molecule has 0 fully saturated rings. The number of hydrogen-bond acceptors (Lipinski definition) is 2. The van der Waals surface area contributed by atoms with Gasteiger partial charge in [-0.25, -0.2) is 0 Å². The third kappa shape index (κ3) is 4.00. The van der Waals surface area contributed by atoms with Crippen LogP contribution in [-0.4, -0.2) is 4.57 Å². The molecule has 0 spiro atoms. The topological polar surface area (TPSA) is 18.1 Å². The first-order valence-electron chi connectivity index (χ1n) is 18.7. The SMILES string of the molecule is CC1(C)c2ccccc2-c2c1ccc1c2oc2c(-c3ccc(-n4c5ccccc5c5cc(-c6cccc7c6sc6ccccc67)ccc54)cc3)cccc21. The fraction of sp³-hybridized carbons (Fsp3) is 0.0588. The maximum Gasteiger partial charge on any atom is 0.143 e. The Hall–Kier alpha value is -6.42. The number of benzene rings is 8. The zero-order chi connectivity index (χ0) is 35.7. The molecule has 12 rings (SSSR count). The summed E-state index contributed by atoms with van der Waals surface area (Å²) >= 11 is 1.89. The van der Waals surface area contributed by atoms with Crippen LogP contribution in [0.1, 0.15) is 25.0 Å². The minimum Gasteiger partial charge on any atom is -0.455 e. The molecule has 2 nitrogen and oxygen atoms in total. The summed E-state index contributed by atoms with van der Waals surface area (Å²) in [6.07, 6.45) is 0. The molecule has 0 N–H and O–H groups in total. The molecule has 0 radical (unpaired) electrons. The zero-order valence-electron chi connectivity index (χ0n) is 29.9. The molecule has 0 aliphatic heterocycles. The van der Waals surface area contributed by atoms with Crippen molar-refractivity contribution < 1.29 is 4.42 Å². The number of hydrogen-bond donors (Lipinski definition) is 0. The molecule has 0 bridgehead atoms. The molecule has 1 aliphatic carbocycles. The van der Waals surface area contributed by atoms with Gasteiger partial charge in [0, 0.05) is 63.9 Å². The van der Waals surface area contributed by atoms with Crippen molar-refractivity contribution in [2.24, 2.45) is 0 Å². The molecule has 0 saturated heterocycles. The van der Waals surface area contributed by atoms with E-state index in [1.165, 1.54) is 80.7 Å². The fourth-order valence-electron chi connectivity index (χ4n) is 9.45. The van der Waals surface area contributed by atoms with E-state index in [0.717, 1.165) is 33.4 Å². The third-order valence-electron chi connectivity index (χ3n) is 12.0. The Morgan fingerprint density at radius 3 is 2.02 bits per heavy atom. The van der Waals surface area contributed by atoms with E-state index in [1.807, 2.05) is 11.3 Å². The molecule has 0 amide bonds.